The molecule has 1 aliphatic heterocycles. The number of pyridine rings is 1. The van der Waals surface area contributed by atoms with E-state index >= 15 is 0 Å². The first-order chi connectivity index (χ1) is 14.1. The van der Waals surface area contributed by atoms with E-state index in [0.29, 0.717) is 24.8 Å². The molecule has 2 aromatic rings. The van der Waals surface area contributed by atoms with Crippen LogP contribution in [0.2, 0.25) is 0 Å². The van der Waals surface area contributed by atoms with Gasteiger partial charge in [-0.3, -0.25) is 0 Å². The summed E-state index contributed by atoms with van der Waals surface area (Å²) in [6.45, 7) is 10.5. The number of aryl methyl sites for hydroxylation is 1. The van der Waals surface area contributed by atoms with Crippen LogP contribution in [0.25, 0.3) is 0 Å². The summed E-state index contributed by atoms with van der Waals surface area (Å²) >= 11 is 0. The number of ether oxygens (including phenoxy) is 2. The third kappa shape index (κ3) is 6.68. The smallest absolute Gasteiger partial charge is 0.217 e. The molecule has 0 spiro atoms. The molecule has 0 amide bonds. The number of azo groups is 1. The molecule has 6 heteroatoms. The minimum absolute atomic E-state index is 0.530. The standard InChI is InChI=1S/C23H30N4O2/c1-4-18(2)8-11-29-23-16-21(27-9-12-28-13-10-27)15-22(25-23)26-24-17-20-7-5-6-19(3)14-20/h4-7,14-16H,8-13,17H2,1-3H3. The van der Waals surface area contributed by atoms with Crippen molar-refractivity contribution in [2.24, 2.45) is 10.2 Å². The summed E-state index contributed by atoms with van der Waals surface area (Å²) in [5.41, 5.74) is 4.70. The van der Waals surface area contributed by atoms with Gasteiger partial charge in [0.2, 0.25) is 5.88 Å². The topological polar surface area (TPSA) is 59.3 Å². The van der Waals surface area contributed by atoms with E-state index in [-0.39, 0.29) is 0 Å². The van der Waals surface area contributed by atoms with E-state index in [9.17, 15) is 0 Å². The van der Waals surface area contributed by atoms with Crippen LogP contribution in [0.1, 0.15) is 31.4 Å². The zero-order valence-electron chi connectivity index (χ0n) is 17.6. The Labute approximate surface area is 173 Å². The fraction of sp³-hybridized carbons (Fsp3) is 0.435. The van der Waals surface area contributed by atoms with Crippen molar-refractivity contribution in [2.75, 3.05) is 37.8 Å². The average molecular weight is 395 g/mol. The van der Waals surface area contributed by atoms with Crippen molar-refractivity contribution in [3.8, 4) is 5.88 Å². The molecule has 154 valence electrons. The van der Waals surface area contributed by atoms with Gasteiger partial charge in [0.1, 0.15) is 0 Å². The van der Waals surface area contributed by atoms with Gasteiger partial charge in [0.15, 0.2) is 5.82 Å². The fourth-order valence-electron chi connectivity index (χ4n) is 3.07. The molecule has 1 saturated heterocycles. The lowest BCUT2D eigenvalue weighted by atomic mass is 10.1. The minimum atomic E-state index is 0.530. The molecule has 1 aliphatic rings. The Morgan fingerprint density at radius 3 is 2.83 bits per heavy atom. The minimum Gasteiger partial charge on any atom is -0.477 e. The van der Waals surface area contributed by atoms with Crippen LogP contribution in [-0.2, 0) is 11.3 Å². The molecule has 1 aromatic heterocycles. The van der Waals surface area contributed by atoms with Crippen molar-refractivity contribution in [2.45, 2.75) is 33.7 Å². The number of benzene rings is 1. The van der Waals surface area contributed by atoms with Gasteiger partial charge in [-0.15, -0.1) is 5.11 Å². The maximum Gasteiger partial charge on any atom is 0.217 e. The van der Waals surface area contributed by atoms with Crippen molar-refractivity contribution in [1.29, 1.82) is 0 Å². The summed E-state index contributed by atoms with van der Waals surface area (Å²) in [5, 5.41) is 8.73. The van der Waals surface area contributed by atoms with Crippen LogP contribution < -0.4 is 9.64 Å². The molecule has 1 fully saturated rings. The Morgan fingerprint density at radius 1 is 1.24 bits per heavy atom. The van der Waals surface area contributed by atoms with Crippen molar-refractivity contribution < 1.29 is 9.47 Å². The molecule has 2 heterocycles. The molecule has 1 aromatic carbocycles. The van der Waals surface area contributed by atoms with Gasteiger partial charge in [0.05, 0.1) is 26.4 Å². The summed E-state index contributed by atoms with van der Waals surface area (Å²) < 4.78 is 11.4. The van der Waals surface area contributed by atoms with Crippen molar-refractivity contribution in [3.05, 3.63) is 59.2 Å². The lowest BCUT2D eigenvalue weighted by molar-refractivity contribution is 0.122. The van der Waals surface area contributed by atoms with Crippen LogP contribution in [0.3, 0.4) is 0 Å². The lowest BCUT2D eigenvalue weighted by Gasteiger charge is -2.29. The van der Waals surface area contributed by atoms with E-state index in [0.717, 1.165) is 44.0 Å². The monoisotopic (exact) mass is 394 g/mol. The third-order valence-corrected chi connectivity index (χ3v) is 4.90. The predicted molar refractivity (Wildman–Crippen MR) is 116 cm³/mol. The Morgan fingerprint density at radius 2 is 2.07 bits per heavy atom. The van der Waals surface area contributed by atoms with Gasteiger partial charge in [0, 0.05) is 37.3 Å². The molecular formula is C23H30N4O2. The maximum atomic E-state index is 5.92. The number of hydrogen-bond acceptors (Lipinski definition) is 6. The van der Waals surface area contributed by atoms with Gasteiger partial charge in [-0.1, -0.05) is 41.5 Å². The Hall–Kier alpha value is -2.73. The normalized spacial score (nSPS) is 15.1. The summed E-state index contributed by atoms with van der Waals surface area (Å²) in [4.78, 5) is 6.81. The second-order valence-electron chi connectivity index (χ2n) is 7.24. The Kier molecular flexibility index (Phi) is 7.76. The number of anilines is 1. The van der Waals surface area contributed by atoms with Gasteiger partial charge in [-0.25, -0.2) is 0 Å². The Bertz CT molecular complexity index is 858. The highest BCUT2D eigenvalue weighted by molar-refractivity contribution is 5.55. The van der Waals surface area contributed by atoms with Gasteiger partial charge >= 0.3 is 0 Å². The number of hydrogen-bond donors (Lipinski definition) is 0. The number of aromatic nitrogens is 1. The summed E-state index contributed by atoms with van der Waals surface area (Å²) in [7, 11) is 0. The molecule has 0 bridgehead atoms. The van der Waals surface area contributed by atoms with Crippen LogP contribution in [0, 0.1) is 6.92 Å². The summed E-state index contributed by atoms with van der Waals surface area (Å²) in [6, 6.07) is 12.2. The number of morpholine rings is 1. The van der Waals surface area contributed by atoms with E-state index in [1.807, 2.05) is 25.1 Å². The Balaban J connectivity index is 1.74. The molecule has 0 unspecified atom stereocenters. The zero-order chi connectivity index (χ0) is 20.5. The quantitative estimate of drug-likeness (QED) is 0.453. The highest BCUT2D eigenvalue weighted by Crippen LogP contribution is 2.27. The maximum absolute atomic E-state index is 5.92. The van der Waals surface area contributed by atoms with Gasteiger partial charge < -0.3 is 14.4 Å². The van der Waals surface area contributed by atoms with Gasteiger partial charge in [-0.05, 0) is 26.3 Å². The second-order valence-corrected chi connectivity index (χ2v) is 7.24. The molecule has 3 rings (SSSR count). The average Bonchev–Trinajstić information content (AvgIpc) is 2.74. The van der Waals surface area contributed by atoms with Crippen LogP contribution in [0.4, 0.5) is 11.5 Å². The van der Waals surface area contributed by atoms with E-state index in [1.54, 1.807) is 0 Å². The predicted octanol–water partition coefficient (Wildman–Crippen LogP) is 5.25. The lowest BCUT2D eigenvalue weighted by Crippen LogP contribution is -2.36. The van der Waals surface area contributed by atoms with Crippen molar-refractivity contribution in [3.63, 3.8) is 0 Å². The van der Waals surface area contributed by atoms with Crippen LogP contribution in [0.15, 0.2) is 58.3 Å². The highest BCUT2D eigenvalue weighted by atomic mass is 16.5. The van der Waals surface area contributed by atoms with E-state index in [4.69, 9.17) is 9.47 Å². The summed E-state index contributed by atoms with van der Waals surface area (Å²) in [6.07, 6.45) is 2.98. The van der Waals surface area contributed by atoms with E-state index in [1.165, 1.54) is 11.1 Å². The van der Waals surface area contributed by atoms with E-state index < -0.39 is 0 Å². The molecule has 6 nitrogen and oxygen atoms in total. The second kappa shape index (κ2) is 10.7. The van der Waals surface area contributed by atoms with Gasteiger partial charge in [0.25, 0.3) is 0 Å². The zero-order valence-corrected chi connectivity index (χ0v) is 17.6. The fourth-order valence-corrected chi connectivity index (χ4v) is 3.07. The van der Waals surface area contributed by atoms with E-state index in [2.05, 4.69) is 58.2 Å². The van der Waals surface area contributed by atoms with Crippen molar-refractivity contribution >= 4 is 11.5 Å². The number of rotatable bonds is 8. The first-order valence-corrected chi connectivity index (χ1v) is 10.2. The molecular weight excluding hydrogens is 364 g/mol. The molecule has 0 aliphatic carbocycles. The molecule has 0 radical (unpaired) electrons. The van der Waals surface area contributed by atoms with Crippen LogP contribution >= 0.6 is 0 Å². The number of nitrogens with zero attached hydrogens (tertiary/aromatic N) is 4. The largest absolute Gasteiger partial charge is 0.477 e. The first kappa shape index (κ1) is 21.0. The molecule has 29 heavy (non-hydrogen) atoms. The van der Waals surface area contributed by atoms with Crippen molar-refractivity contribution in [1.82, 2.24) is 4.98 Å². The molecule has 0 saturated carbocycles. The van der Waals surface area contributed by atoms with Gasteiger partial charge in [-0.2, -0.15) is 10.1 Å². The highest BCUT2D eigenvalue weighted by Gasteiger charge is 2.14. The van der Waals surface area contributed by atoms with Crippen LogP contribution in [0.5, 0.6) is 5.88 Å². The SMILES string of the molecule is CC=C(C)CCOc1cc(N2CCOCC2)cc(N=NCc2cccc(C)c2)n1. The molecule has 0 N–H and O–H groups in total. The number of allylic oxidation sites excluding steroid dienone is 1. The first-order valence-electron chi connectivity index (χ1n) is 10.2. The summed E-state index contributed by atoms with van der Waals surface area (Å²) in [5.74, 6) is 1.15. The third-order valence-electron chi connectivity index (χ3n) is 4.90. The molecule has 0 atom stereocenters. The van der Waals surface area contributed by atoms with Crippen LogP contribution in [-0.4, -0.2) is 37.9 Å².